The van der Waals surface area contributed by atoms with Crippen molar-refractivity contribution in [3.8, 4) is 0 Å². The predicted octanol–water partition coefficient (Wildman–Crippen LogP) is 3.18. The average Bonchev–Trinajstić information content (AvgIpc) is 3.06. The fourth-order valence-electron chi connectivity index (χ4n) is 3.27. The maximum Gasteiger partial charge on any atom is 0.132 e. The summed E-state index contributed by atoms with van der Waals surface area (Å²) in [5.74, 6) is 1.81. The largest absolute Gasteiger partial charge is 0.369 e. The Morgan fingerprint density at radius 3 is 2.78 bits per heavy atom. The summed E-state index contributed by atoms with van der Waals surface area (Å²) in [5, 5.41) is 3.54. The van der Waals surface area contributed by atoms with Crippen molar-refractivity contribution in [1.29, 1.82) is 0 Å². The highest BCUT2D eigenvalue weighted by Gasteiger charge is 2.33. The summed E-state index contributed by atoms with van der Waals surface area (Å²) in [4.78, 5) is 8.77. The number of nitrogens with one attached hydrogen (secondary N) is 1. The maximum atomic E-state index is 6.18. The normalized spacial score (nSPS) is 20.9. The second-order valence-electron chi connectivity index (χ2n) is 5.70. The molecule has 1 aromatic rings. The number of aryl methyl sites for hydroxylation is 1. The molecule has 0 unspecified atom stereocenters. The number of rotatable bonds is 4. The summed E-state index contributed by atoms with van der Waals surface area (Å²) in [6, 6.07) is 0. The lowest BCUT2D eigenvalue weighted by molar-refractivity contribution is 0.368. The van der Waals surface area contributed by atoms with Gasteiger partial charge in [0.2, 0.25) is 0 Å². The van der Waals surface area contributed by atoms with E-state index in [1.165, 1.54) is 43.4 Å². The summed E-state index contributed by atoms with van der Waals surface area (Å²) in [7, 11) is 0. The lowest BCUT2D eigenvalue weighted by Crippen LogP contribution is -2.29. The van der Waals surface area contributed by atoms with Crippen molar-refractivity contribution < 1.29 is 0 Å². The fraction of sp³-hybridized carbons (Fsp3) is 0.714. The Labute approximate surface area is 113 Å². The summed E-state index contributed by atoms with van der Waals surface area (Å²) >= 11 is 6.18. The topological polar surface area (TPSA) is 37.8 Å². The molecular formula is C14H20ClN3. The zero-order valence-electron chi connectivity index (χ0n) is 10.7. The minimum absolute atomic E-state index is 0.290. The Kier molecular flexibility index (Phi) is 3.42. The Balaban J connectivity index is 1.72. The monoisotopic (exact) mass is 265 g/mol. The molecule has 98 valence electrons. The molecule has 0 saturated heterocycles. The predicted molar refractivity (Wildman–Crippen MR) is 74.2 cm³/mol. The van der Waals surface area contributed by atoms with E-state index in [1.54, 1.807) is 6.33 Å². The van der Waals surface area contributed by atoms with Gasteiger partial charge in [-0.3, -0.25) is 0 Å². The van der Waals surface area contributed by atoms with Crippen LogP contribution < -0.4 is 5.32 Å². The first-order valence-corrected chi connectivity index (χ1v) is 7.49. The van der Waals surface area contributed by atoms with Crippen molar-refractivity contribution >= 4 is 17.4 Å². The molecule has 3 nitrogen and oxygen atoms in total. The summed E-state index contributed by atoms with van der Waals surface area (Å²) in [5.41, 5.74) is 2.86. The number of nitrogens with zero attached hydrogens (tertiary/aromatic N) is 2. The Morgan fingerprint density at radius 2 is 2.00 bits per heavy atom. The summed E-state index contributed by atoms with van der Waals surface area (Å²) in [6.45, 7) is 0.958. The van der Waals surface area contributed by atoms with Crippen LogP contribution in [0.15, 0.2) is 6.33 Å². The molecule has 2 aliphatic rings. The minimum atomic E-state index is 0.290. The van der Waals surface area contributed by atoms with E-state index in [1.807, 2.05) is 0 Å². The molecule has 0 atom stereocenters. The van der Waals surface area contributed by atoms with E-state index in [9.17, 15) is 0 Å². The molecule has 18 heavy (non-hydrogen) atoms. The average molecular weight is 266 g/mol. The third-order valence-corrected chi connectivity index (χ3v) is 5.02. The molecule has 1 N–H and O–H groups in total. The number of hydrogen-bond acceptors (Lipinski definition) is 3. The first-order chi connectivity index (χ1) is 8.83. The second kappa shape index (κ2) is 5.04. The van der Waals surface area contributed by atoms with E-state index in [0.717, 1.165) is 31.1 Å². The molecule has 4 heteroatoms. The number of alkyl halides is 1. The van der Waals surface area contributed by atoms with E-state index in [2.05, 4.69) is 15.3 Å². The van der Waals surface area contributed by atoms with Crippen LogP contribution in [0, 0.1) is 5.41 Å². The van der Waals surface area contributed by atoms with Gasteiger partial charge in [0.05, 0.1) is 0 Å². The van der Waals surface area contributed by atoms with Gasteiger partial charge in [0.15, 0.2) is 0 Å². The Hall–Kier alpha value is -0.830. The third-order valence-electron chi connectivity index (χ3n) is 4.45. The molecule has 2 aliphatic carbocycles. The van der Waals surface area contributed by atoms with Crippen LogP contribution in [-0.2, 0) is 12.8 Å². The van der Waals surface area contributed by atoms with Crippen molar-refractivity contribution in [2.75, 3.05) is 17.7 Å². The van der Waals surface area contributed by atoms with Crippen LogP contribution in [-0.4, -0.2) is 22.4 Å². The molecule has 1 heterocycles. The number of fused-ring (bicyclic) bond motifs is 1. The first kappa shape index (κ1) is 12.2. The van der Waals surface area contributed by atoms with Gasteiger partial charge in [0.25, 0.3) is 0 Å². The van der Waals surface area contributed by atoms with E-state index >= 15 is 0 Å². The third kappa shape index (κ3) is 2.20. The fourth-order valence-corrected chi connectivity index (χ4v) is 3.63. The number of halogens is 1. The van der Waals surface area contributed by atoms with E-state index < -0.39 is 0 Å². The summed E-state index contributed by atoms with van der Waals surface area (Å²) < 4.78 is 0. The lowest BCUT2D eigenvalue weighted by Gasteiger charge is -2.27. The van der Waals surface area contributed by atoms with Gasteiger partial charge in [-0.2, -0.15) is 0 Å². The number of hydrogen-bond donors (Lipinski definition) is 1. The zero-order chi connectivity index (χ0) is 12.4. The van der Waals surface area contributed by atoms with Crippen molar-refractivity contribution in [3.63, 3.8) is 0 Å². The van der Waals surface area contributed by atoms with Crippen molar-refractivity contribution in [2.24, 2.45) is 5.41 Å². The second-order valence-corrected chi connectivity index (χ2v) is 5.96. The number of anilines is 1. The Bertz CT molecular complexity index is 427. The van der Waals surface area contributed by atoms with Crippen molar-refractivity contribution in [1.82, 2.24) is 9.97 Å². The molecule has 0 amide bonds. The summed E-state index contributed by atoms with van der Waals surface area (Å²) in [6.07, 6.45) is 10.2. The van der Waals surface area contributed by atoms with Gasteiger partial charge >= 0.3 is 0 Å². The van der Waals surface area contributed by atoms with Crippen LogP contribution in [0.2, 0.25) is 0 Å². The van der Waals surface area contributed by atoms with Crippen LogP contribution in [0.25, 0.3) is 0 Å². The highest BCUT2D eigenvalue weighted by atomic mass is 35.5. The molecule has 0 aromatic carbocycles. The van der Waals surface area contributed by atoms with Gasteiger partial charge < -0.3 is 5.32 Å². The molecule has 0 spiro atoms. The van der Waals surface area contributed by atoms with Gasteiger partial charge in [0.1, 0.15) is 12.1 Å². The Morgan fingerprint density at radius 1 is 1.17 bits per heavy atom. The molecule has 1 fully saturated rings. The SMILES string of the molecule is ClCC1(CNc2ncnc3c2CCC3)CCCC1. The van der Waals surface area contributed by atoms with Gasteiger partial charge in [-0.15, -0.1) is 11.6 Å². The quantitative estimate of drug-likeness (QED) is 0.850. The van der Waals surface area contributed by atoms with Gasteiger partial charge in [-0.05, 0) is 32.1 Å². The first-order valence-electron chi connectivity index (χ1n) is 6.96. The molecule has 0 bridgehead atoms. The van der Waals surface area contributed by atoms with E-state index in [0.29, 0.717) is 0 Å². The standard InChI is InChI=1S/C14H20ClN3/c15-8-14(6-1-2-7-14)9-16-13-11-4-3-5-12(11)17-10-18-13/h10H,1-9H2,(H,16,17,18). The van der Waals surface area contributed by atoms with Gasteiger partial charge in [0, 0.05) is 29.1 Å². The van der Waals surface area contributed by atoms with Crippen LogP contribution in [0.5, 0.6) is 0 Å². The minimum Gasteiger partial charge on any atom is -0.369 e. The van der Waals surface area contributed by atoms with Crippen LogP contribution in [0.4, 0.5) is 5.82 Å². The highest BCUT2D eigenvalue weighted by molar-refractivity contribution is 6.18. The highest BCUT2D eigenvalue weighted by Crippen LogP contribution is 2.39. The molecule has 0 aliphatic heterocycles. The van der Waals surface area contributed by atoms with E-state index in [-0.39, 0.29) is 5.41 Å². The van der Waals surface area contributed by atoms with Gasteiger partial charge in [-0.25, -0.2) is 9.97 Å². The molecular weight excluding hydrogens is 246 g/mol. The molecule has 1 saturated carbocycles. The smallest absolute Gasteiger partial charge is 0.132 e. The molecule has 3 rings (SSSR count). The van der Waals surface area contributed by atoms with Crippen LogP contribution in [0.3, 0.4) is 0 Å². The van der Waals surface area contributed by atoms with Crippen LogP contribution >= 0.6 is 11.6 Å². The molecule has 0 radical (unpaired) electrons. The van der Waals surface area contributed by atoms with Crippen molar-refractivity contribution in [2.45, 2.75) is 44.9 Å². The molecule has 1 aromatic heterocycles. The van der Waals surface area contributed by atoms with Crippen LogP contribution in [0.1, 0.15) is 43.4 Å². The lowest BCUT2D eigenvalue weighted by atomic mass is 9.88. The van der Waals surface area contributed by atoms with E-state index in [4.69, 9.17) is 11.6 Å². The maximum absolute atomic E-state index is 6.18. The number of aromatic nitrogens is 2. The zero-order valence-corrected chi connectivity index (χ0v) is 11.5. The van der Waals surface area contributed by atoms with Crippen molar-refractivity contribution in [3.05, 3.63) is 17.6 Å². The van der Waals surface area contributed by atoms with Gasteiger partial charge in [-0.1, -0.05) is 12.8 Å².